The van der Waals surface area contributed by atoms with Crippen LogP contribution in [-0.4, -0.2) is 32.2 Å². The van der Waals surface area contributed by atoms with Crippen LogP contribution in [0.5, 0.6) is 0 Å². The monoisotopic (exact) mass is 246 g/mol. The third-order valence-electron chi connectivity index (χ3n) is 3.26. The van der Waals surface area contributed by atoms with E-state index in [4.69, 9.17) is 0 Å². The van der Waals surface area contributed by atoms with Crippen molar-refractivity contribution >= 4 is 6.08 Å². The van der Waals surface area contributed by atoms with Crippen LogP contribution in [0.15, 0.2) is 30.8 Å². The van der Waals surface area contributed by atoms with E-state index in [2.05, 4.69) is 52.0 Å². The molecule has 0 saturated heterocycles. The third-order valence-corrected chi connectivity index (χ3v) is 3.26. The highest BCUT2D eigenvalue weighted by molar-refractivity contribution is 5.47. The quantitative estimate of drug-likeness (QED) is 0.478. The minimum atomic E-state index is 1.09. The molecule has 0 aliphatic rings. The molecule has 1 aromatic rings. The molecular weight excluding hydrogens is 218 g/mol. The lowest BCUT2D eigenvalue weighted by atomic mass is 10.0. The normalized spacial score (nSPS) is 11.5. The minimum Gasteiger partial charge on any atom is -0.331 e. The van der Waals surface area contributed by atoms with Crippen LogP contribution in [0.1, 0.15) is 36.8 Å². The second-order valence-electron chi connectivity index (χ2n) is 6.12. The highest BCUT2D eigenvalue weighted by atomic mass is 15.3. The molecule has 0 aliphatic carbocycles. The summed E-state index contributed by atoms with van der Waals surface area (Å²) < 4.78 is 1.09. The van der Waals surface area contributed by atoms with Gasteiger partial charge in [0, 0.05) is 0 Å². The van der Waals surface area contributed by atoms with Gasteiger partial charge in [0.25, 0.3) is 0 Å². The molecule has 0 spiro atoms. The van der Waals surface area contributed by atoms with Gasteiger partial charge in [-0.2, -0.15) is 0 Å². The average molecular weight is 246 g/mol. The van der Waals surface area contributed by atoms with Gasteiger partial charge in [-0.15, -0.1) is 0 Å². The van der Waals surface area contributed by atoms with Gasteiger partial charge in [0.15, 0.2) is 0 Å². The lowest BCUT2D eigenvalue weighted by molar-refractivity contribution is -0.870. The molecule has 1 nitrogen and oxygen atoms in total. The summed E-state index contributed by atoms with van der Waals surface area (Å²) in [5, 5.41) is 0. The molecule has 1 heteroatoms. The van der Waals surface area contributed by atoms with Crippen molar-refractivity contribution in [3.05, 3.63) is 42.0 Å². The largest absolute Gasteiger partial charge is 0.331 e. The zero-order valence-corrected chi connectivity index (χ0v) is 12.3. The van der Waals surface area contributed by atoms with E-state index in [1.807, 2.05) is 6.08 Å². The van der Waals surface area contributed by atoms with Crippen molar-refractivity contribution < 1.29 is 4.48 Å². The second kappa shape index (κ2) is 7.38. The lowest BCUT2D eigenvalue weighted by Crippen LogP contribution is -2.35. The number of benzene rings is 1. The van der Waals surface area contributed by atoms with Crippen LogP contribution in [0.3, 0.4) is 0 Å². The number of aryl methyl sites for hydroxylation is 1. The predicted molar refractivity (Wildman–Crippen MR) is 81.6 cm³/mol. The summed E-state index contributed by atoms with van der Waals surface area (Å²) in [4.78, 5) is 0. The summed E-state index contributed by atoms with van der Waals surface area (Å²) in [6.45, 7) is 5.06. The molecule has 0 unspecified atom stereocenters. The zero-order chi connectivity index (χ0) is 13.4. The van der Waals surface area contributed by atoms with Gasteiger partial charge in [-0.05, 0) is 36.8 Å². The van der Waals surface area contributed by atoms with E-state index >= 15 is 0 Å². The number of hydrogen-bond donors (Lipinski definition) is 0. The molecule has 0 fully saturated rings. The zero-order valence-electron chi connectivity index (χ0n) is 12.3. The Hall–Kier alpha value is -1.08. The first-order valence-electron chi connectivity index (χ1n) is 7.03. The Labute approximate surface area is 113 Å². The van der Waals surface area contributed by atoms with Crippen molar-refractivity contribution in [1.29, 1.82) is 0 Å². The molecule has 0 bridgehead atoms. The van der Waals surface area contributed by atoms with E-state index in [1.165, 1.54) is 49.8 Å². The van der Waals surface area contributed by atoms with E-state index in [0.717, 1.165) is 4.48 Å². The van der Waals surface area contributed by atoms with Crippen LogP contribution in [0.2, 0.25) is 0 Å². The highest BCUT2D eigenvalue weighted by Crippen LogP contribution is 2.10. The van der Waals surface area contributed by atoms with Crippen molar-refractivity contribution in [2.24, 2.45) is 0 Å². The minimum absolute atomic E-state index is 1.09. The Bertz CT molecular complexity index is 343. The summed E-state index contributed by atoms with van der Waals surface area (Å²) in [5.74, 6) is 0. The summed E-state index contributed by atoms with van der Waals surface area (Å²) >= 11 is 0. The number of hydrogen-bond acceptors (Lipinski definition) is 0. The van der Waals surface area contributed by atoms with E-state index in [1.54, 1.807) is 0 Å². The van der Waals surface area contributed by atoms with Gasteiger partial charge in [-0.3, -0.25) is 0 Å². The molecule has 0 radical (unpaired) electrons. The molecule has 0 N–H and O–H groups in total. The maximum Gasteiger partial charge on any atom is 0.0780 e. The number of nitrogens with zero attached hydrogens (tertiary/aromatic N) is 1. The summed E-state index contributed by atoms with van der Waals surface area (Å²) in [5.41, 5.74) is 2.66. The first kappa shape index (κ1) is 15.0. The SMILES string of the molecule is C=Cc1ccc(CCCCCC[N+](C)(C)C)cc1. The van der Waals surface area contributed by atoms with Gasteiger partial charge in [0.1, 0.15) is 0 Å². The molecule has 1 rings (SSSR count). The van der Waals surface area contributed by atoms with Crippen molar-refractivity contribution in [3.63, 3.8) is 0 Å². The van der Waals surface area contributed by atoms with Crippen molar-refractivity contribution in [2.45, 2.75) is 32.1 Å². The summed E-state index contributed by atoms with van der Waals surface area (Å²) in [6.07, 6.45) is 8.48. The molecule has 100 valence electrons. The number of rotatable bonds is 8. The Balaban J connectivity index is 2.12. The molecule has 0 aliphatic heterocycles. The molecule has 1 aromatic carbocycles. The van der Waals surface area contributed by atoms with Gasteiger partial charge in [0.2, 0.25) is 0 Å². The first-order valence-corrected chi connectivity index (χ1v) is 7.03. The number of quaternary nitrogens is 1. The van der Waals surface area contributed by atoms with Gasteiger partial charge in [-0.25, -0.2) is 0 Å². The topological polar surface area (TPSA) is 0 Å². The second-order valence-corrected chi connectivity index (χ2v) is 6.12. The van der Waals surface area contributed by atoms with Gasteiger partial charge in [-0.1, -0.05) is 43.3 Å². The van der Waals surface area contributed by atoms with E-state index in [-0.39, 0.29) is 0 Å². The Morgan fingerprint density at radius 3 is 2.11 bits per heavy atom. The van der Waals surface area contributed by atoms with Gasteiger partial charge in [0.05, 0.1) is 27.7 Å². The Kier molecular flexibility index (Phi) is 6.14. The molecule has 0 aromatic heterocycles. The van der Waals surface area contributed by atoms with Crippen LogP contribution >= 0.6 is 0 Å². The van der Waals surface area contributed by atoms with Crippen LogP contribution in [0.4, 0.5) is 0 Å². The molecule has 0 saturated carbocycles. The fourth-order valence-electron chi connectivity index (χ4n) is 2.09. The number of unbranched alkanes of at least 4 members (excludes halogenated alkanes) is 3. The predicted octanol–water partition coefficient (Wildman–Crippen LogP) is 4.14. The average Bonchev–Trinajstić information content (AvgIpc) is 2.33. The van der Waals surface area contributed by atoms with Crippen LogP contribution in [0, 0.1) is 0 Å². The van der Waals surface area contributed by atoms with Gasteiger partial charge < -0.3 is 4.48 Å². The molecule has 0 atom stereocenters. The van der Waals surface area contributed by atoms with Crippen LogP contribution < -0.4 is 0 Å². The Morgan fingerprint density at radius 2 is 1.56 bits per heavy atom. The van der Waals surface area contributed by atoms with E-state index in [9.17, 15) is 0 Å². The summed E-state index contributed by atoms with van der Waals surface area (Å²) in [7, 11) is 6.80. The summed E-state index contributed by atoms with van der Waals surface area (Å²) in [6, 6.07) is 8.75. The van der Waals surface area contributed by atoms with E-state index in [0.29, 0.717) is 0 Å². The van der Waals surface area contributed by atoms with Crippen LogP contribution in [0.25, 0.3) is 6.08 Å². The molecule has 0 amide bonds. The first-order chi connectivity index (χ1) is 8.51. The standard InChI is InChI=1S/C17H28N/c1-5-16-11-13-17(14-12-16)10-8-6-7-9-15-18(2,3)4/h5,11-14H,1,6-10,15H2,2-4H3/q+1. The molecular formula is C17H28N+. The Morgan fingerprint density at radius 1 is 0.944 bits per heavy atom. The van der Waals surface area contributed by atoms with Crippen molar-refractivity contribution in [2.75, 3.05) is 27.7 Å². The molecule has 18 heavy (non-hydrogen) atoms. The van der Waals surface area contributed by atoms with Crippen LogP contribution in [-0.2, 0) is 6.42 Å². The fraction of sp³-hybridized carbons (Fsp3) is 0.529. The van der Waals surface area contributed by atoms with Crippen molar-refractivity contribution in [3.8, 4) is 0 Å². The highest BCUT2D eigenvalue weighted by Gasteiger charge is 2.05. The molecule has 0 heterocycles. The van der Waals surface area contributed by atoms with Crippen molar-refractivity contribution in [1.82, 2.24) is 0 Å². The maximum atomic E-state index is 3.77. The smallest absolute Gasteiger partial charge is 0.0780 e. The third kappa shape index (κ3) is 6.61. The fourth-order valence-corrected chi connectivity index (χ4v) is 2.09. The lowest BCUT2D eigenvalue weighted by Gasteiger charge is -2.23. The van der Waals surface area contributed by atoms with E-state index < -0.39 is 0 Å². The van der Waals surface area contributed by atoms with Gasteiger partial charge >= 0.3 is 0 Å². The maximum absolute atomic E-state index is 3.77.